The normalized spacial score (nSPS) is 11.8. The first kappa shape index (κ1) is 13.4. The highest BCUT2D eigenvalue weighted by molar-refractivity contribution is 5.82. The van der Waals surface area contributed by atoms with Gasteiger partial charge < -0.3 is 0 Å². The fourth-order valence-electron chi connectivity index (χ4n) is 2.30. The molecule has 0 amide bonds. The SMILES string of the molecule is O=c1c2ccccc2cc(C(F)(F)F)n1-c1ccccc1. The van der Waals surface area contributed by atoms with Gasteiger partial charge >= 0.3 is 6.18 Å². The second-order valence-electron chi connectivity index (χ2n) is 4.59. The van der Waals surface area contributed by atoms with Gasteiger partial charge in [-0.25, -0.2) is 0 Å². The predicted octanol–water partition coefficient (Wildman–Crippen LogP) is 4.01. The third-order valence-corrected chi connectivity index (χ3v) is 3.23. The van der Waals surface area contributed by atoms with Crippen molar-refractivity contribution in [3.63, 3.8) is 0 Å². The van der Waals surface area contributed by atoms with Crippen LogP contribution < -0.4 is 5.56 Å². The smallest absolute Gasteiger partial charge is 0.272 e. The van der Waals surface area contributed by atoms with Crippen LogP contribution in [0.25, 0.3) is 16.5 Å². The van der Waals surface area contributed by atoms with Crippen LogP contribution in [0.5, 0.6) is 0 Å². The number of nitrogens with zero attached hydrogens (tertiary/aromatic N) is 1. The molecule has 0 saturated heterocycles. The molecule has 0 unspecified atom stereocenters. The zero-order chi connectivity index (χ0) is 15.0. The van der Waals surface area contributed by atoms with E-state index >= 15 is 0 Å². The largest absolute Gasteiger partial charge is 0.431 e. The van der Waals surface area contributed by atoms with Gasteiger partial charge in [0.05, 0.1) is 0 Å². The van der Waals surface area contributed by atoms with Crippen molar-refractivity contribution in [2.24, 2.45) is 0 Å². The van der Waals surface area contributed by atoms with Crippen molar-refractivity contribution in [1.82, 2.24) is 4.57 Å². The van der Waals surface area contributed by atoms with Crippen LogP contribution in [0.15, 0.2) is 65.5 Å². The lowest BCUT2D eigenvalue weighted by atomic mass is 10.1. The molecule has 0 spiro atoms. The Morgan fingerprint density at radius 2 is 1.48 bits per heavy atom. The second kappa shape index (κ2) is 4.77. The monoisotopic (exact) mass is 289 g/mol. The van der Waals surface area contributed by atoms with E-state index in [9.17, 15) is 18.0 Å². The van der Waals surface area contributed by atoms with Crippen molar-refractivity contribution in [3.8, 4) is 5.69 Å². The van der Waals surface area contributed by atoms with E-state index in [0.717, 1.165) is 6.07 Å². The lowest BCUT2D eigenvalue weighted by Crippen LogP contribution is -2.26. The zero-order valence-corrected chi connectivity index (χ0v) is 10.8. The van der Waals surface area contributed by atoms with E-state index in [2.05, 4.69) is 0 Å². The summed E-state index contributed by atoms with van der Waals surface area (Å²) in [5.41, 5.74) is -1.45. The quantitative estimate of drug-likeness (QED) is 0.663. The maximum absolute atomic E-state index is 13.3. The molecule has 0 N–H and O–H groups in total. The summed E-state index contributed by atoms with van der Waals surface area (Å²) in [5, 5.41) is 0.538. The number of para-hydroxylation sites is 1. The van der Waals surface area contributed by atoms with Gasteiger partial charge in [0.15, 0.2) is 0 Å². The number of hydrogen-bond donors (Lipinski definition) is 0. The summed E-state index contributed by atoms with van der Waals surface area (Å²) in [5.74, 6) is 0. The summed E-state index contributed by atoms with van der Waals surface area (Å²) in [6.45, 7) is 0. The first-order valence-electron chi connectivity index (χ1n) is 6.26. The van der Waals surface area contributed by atoms with Gasteiger partial charge in [-0.2, -0.15) is 13.2 Å². The maximum Gasteiger partial charge on any atom is 0.431 e. The first-order chi connectivity index (χ1) is 9.98. The molecule has 0 aliphatic rings. The molecule has 1 aromatic heterocycles. The minimum Gasteiger partial charge on any atom is -0.272 e. The lowest BCUT2D eigenvalue weighted by Gasteiger charge is -2.16. The van der Waals surface area contributed by atoms with Crippen molar-refractivity contribution < 1.29 is 13.2 Å². The van der Waals surface area contributed by atoms with E-state index in [1.807, 2.05) is 0 Å². The van der Waals surface area contributed by atoms with Crippen LogP contribution in [0.1, 0.15) is 5.69 Å². The van der Waals surface area contributed by atoms with E-state index in [-0.39, 0.29) is 16.5 Å². The Kier molecular flexibility index (Phi) is 3.05. The third kappa shape index (κ3) is 2.31. The molecule has 3 aromatic rings. The molecule has 5 heteroatoms. The number of aromatic nitrogens is 1. The van der Waals surface area contributed by atoms with Crippen LogP contribution in [-0.2, 0) is 6.18 Å². The van der Waals surface area contributed by atoms with Crippen molar-refractivity contribution >= 4 is 10.8 Å². The number of rotatable bonds is 1. The van der Waals surface area contributed by atoms with Crippen LogP contribution in [-0.4, -0.2) is 4.57 Å². The summed E-state index contributed by atoms with van der Waals surface area (Å²) in [6, 6.07) is 15.1. The Labute approximate surface area is 118 Å². The van der Waals surface area contributed by atoms with Crippen molar-refractivity contribution in [3.05, 3.63) is 76.7 Å². The topological polar surface area (TPSA) is 22.0 Å². The highest BCUT2D eigenvalue weighted by atomic mass is 19.4. The molecule has 3 rings (SSSR count). The number of hydrogen-bond acceptors (Lipinski definition) is 1. The standard InChI is InChI=1S/C16H10F3NO/c17-16(18,19)14-10-11-6-4-5-9-13(11)15(21)20(14)12-7-2-1-3-8-12/h1-10H. The Morgan fingerprint density at radius 1 is 0.857 bits per heavy atom. The van der Waals surface area contributed by atoms with Gasteiger partial charge in [0.2, 0.25) is 0 Å². The average Bonchev–Trinajstić information content (AvgIpc) is 2.47. The van der Waals surface area contributed by atoms with Crippen LogP contribution in [0, 0.1) is 0 Å². The Balaban J connectivity index is 2.46. The highest BCUT2D eigenvalue weighted by Gasteiger charge is 2.35. The van der Waals surface area contributed by atoms with Gasteiger partial charge in [-0.1, -0.05) is 36.4 Å². The number of pyridine rings is 1. The van der Waals surface area contributed by atoms with E-state index in [1.165, 1.54) is 24.3 Å². The molecule has 0 aliphatic carbocycles. The molecule has 2 nitrogen and oxygen atoms in total. The molecule has 0 fully saturated rings. The summed E-state index contributed by atoms with van der Waals surface area (Å²) in [7, 11) is 0. The van der Waals surface area contributed by atoms with Gasteiger partial charge in [0, 0.05) is 11.1 Å². The van der Waals surface area contributed by atoms with Crippen molar-refractivity contribution in [1.29, 1.82) is 0 Å². The molecule has 2 aromatic carbocycles. The first-order valence-corrected chi connectivity index (χ1v) is 6.26. The fraction of sp³-hybridized carbons (Fsp3) is 0.0625. The van der Waals surface area contributed by atoms with Crippen molar-refractivity contribution in [2.45, 2.75) is 6.18 Å². The number of benzene rings is 2. The molecule has 0 aliphatic heterocycles. The van der Waals surface area contributed by atoms with Crippen LogP contribution >= 0.6 is 0 Å². The van der Waals surface area contributed by atoms with Crippen LogP contribution in [0.2, 0.25) is 0 Å². The summed E-state index contributed by atoms with van der Waals surface area (Å²) in [4.78, 5) is 12.5. The molecule has 0 bridgehead atoms. The Hall–Kier alpha value is -2.56. The van der Waals surface area contributed by atoms with Gasteiger partial charge in [0.1, 0.15) is 5.69 Å². The minimum atomic E-state index is -4.61. The molecule has 0 radical (unpaired) electrons. The van der Waals surface area contributed by atoms with E-state index in [4.69, 9.17) is 0 Å². The van der Waals surface area contributed by atoms with Crippen LogP contribution in [0.4, 0.5) is 13.2 Å². The average molecular weight is 289 g/mol. The van der Waals surface area contributed by atoms with E-state index in [0.29, 0.717) is 4.57 Å². The second-order valence-corrected chi connectivity index (χ2v) is 4.59. The zero-order valence-electron chi connectivity index (χ0n) is 10.8. The minimum absolute atomic E-state index is 0.195. The number of halogens is 3. The van der Waals surface area contributed by atoms with E-state index < -0.39 is 17.4 Å². The van der Waals surface area contributed by atoms with Gasteiger partial charge in [-0.3, -0.25) is 9.36 Å². The van der Waals surface area contributed by atoms with Crippen molar-refractivity contribution in [2.75, 3.05) is 0 Å². The molecular weight excluding hydrogens is 279 g/mol. The lowest BCUT2D eigenvalue weighted by molar-refractivity contribution is -0.142. The number of alkyl halides is 3. The van der Waals surface area contributed by atoms with Crippen LogP contribution in [0.3, 0.4) is 0 Å². The molecular formula is C16H10F3NO. The molecule has 1 heterocycles. The maximum atomic E-state index is 13.3. The van der Waals surface area contributed by atoms with E-state index in [1.54, 1.807) is 30.3 Å². The summed E-state index contributed by atoms with van der Waals surface area (Å²) >= 11 is 0. The molecule has 0 saturated carbocycles. The summed E-state index contributed by atoms with van der Waals surface area (Å²) in [6.07, 6.45) is -4.61. The Morgan fingerprint density at radius 3 is 2.14 bits per heavy atom. The summed E-state index contributed by atoms with van der Waals surface area (Å²) < 4.78 is 40.6. The molecule has 21 heavy (non-hydrogen) atoms. The van der Waals surface area contributed by atoms with Gasteiger partial charge in [-0.05, 0) is 29.7 Å². The molecule has 0 atom stereocenters. The third-order valence-electron chi connectivity index (χ3n) is 3.23. The molecule has 106 valence electrons. The predicted molar refractivity (Wildman–Crippen MR) is 74.5 cm³/mol. The fourth-order valence-corrected chi connectivity index (χ4v) is 2.30. The number of fused-ring (bicyclic) bond motifs is 1. The van der Waals surface area contributed by atoms with Gasteiger partial charge in [0.25, 0.3) is 5.56 Å². The Bertz CT molecular complexity index is 851. The van der Waals surface area contributed by atoms with Gasteiger partial charge in [-0.15, -0.1) is 0 Å². The highest BCUT2D eigenvalue weighted by Crippen LogP contribution is 2.31.